The number of amides is 1. The number of benzene rings is 2. The van der Waals surface area contributed by atoms with Crippen molar-refractivity contribution in [1.82, 2.24) is 4.31 Å². The number of nitrogens with zero attached hydrogens (tertiary/aromatic N) is 2. The van der Waals surface area contributed by atoms with Gasteiger partial charge in [0, 0.05) is 36.3 Å². The highest BCUT2D eigenvalue weighted by molar-refractivity contribution is 7.89. The Hall–Kier alpha value is -1.89. The van der Waals surface area contributed by atoms with Gasteiger partial charge < -0.3 is 4.90 Å². The lowest BCUT2D eigenvalue weighted by atomic mass is 9.93. The third-order valence-electron chi connectivity index (χ3n) is 5.94. The van der Waals surface area contributed by atoms with E-state index in [1.165, 1.54) is 22.0 Å². The molecule has 0 radical (unpaired) electrons. The van der Waals surface area contributed by atoms with Crippen LogP contribution in [0.5, 0.6) is 0 Å². The zero-order valence-electron chi connectivity index (χ0n) is 16.5. The number of piperidine rings is 1. The molecule has 0 atom stereocenters. The molecule has 0 spiro atoms. The van der Waals surface area contributed by atoms with Gasteiger partial charge in [0.05, 0.1) is 4.90 Å². The molecule has 1 amide bonds. The average molecular weight is 433 g/mol. The van der Waals surface area contributed by atoms with Gasteiger partial charge in [-0.2, -0.15) is 4.31 Å². The van der Waals surface area contributed by atoms with E-state index in [0.717, 1.165) is 30.6 Å². The van der Waals surface area contributed by atoms with Crippen LogP contribution in [0.3, 0.4) is 0 Å². The maximum atomic E-state index is 13.3. The Kier molecular flexibility index (Phi) is 5.69. The first-order chi connectivity index (χ1) is 13.9. The Morgan fingerprint density at radius 2 is 1.72 bits per heavy atom. The van der Waals surface area contributed by atoms with Gasteiger partial charge in [0.1, 0.15) is 0 Å². The molecule has 1 saturated heterocycles. The van der Waals surface area contributed by atoms with E-state index in [4.69, 9.17) is 11.6 Å². The van der Waals surface area contributed by atoms with Crippen LogP contribution in [-0.2, 0) is 21.2 Å². The molecule has 0 unspecified atom stereocenters. The number of carbonyl (C=O) groups excluding carboxylic acids is 1. The standard InChI is InChI=1S/C22H25ClN2O3S/c1-16-4-2-5-17-6-3-13-25(21(16)17)22(26)18-11-14-24(15-12-18)29(27,28)20-9-7-19(23)8-10-20/h2,4-5,7-10,18H,3,6,11-15H2,1H3. The van der Waals surface area contributed by atoms with E-state index in [2.05, 4.69) is 6.07 Å². The molecule has 2 aliphatic rings. The van der Waals surface area contributed by atoms with Gasteiger partial charge in [0.15, 0.2) is 0 Å². The first kappa shape index (κ1) is 20.4. The largest absolute Gasteiger partial charge is 0.312 e. The molecule has 29 heavy (non-hydrogen) atoms. The van der Waals surface area contributed by atoms with Gasteiger partial charge in [0.25, 0.3) is 0 Å². The highest BCUT2D eigenvalue weighted by Crippen LogP contribution is 2.33. The smallest absolute Gasteiger partial charge is 0.243 e. The van der Waals surface area contributed by atoms with E-state index in [1.807, 2.05) is 24.0 Å². The summed E-state index contributed by atoms with van der Waals surface area (Å²) in [5.41, 5.74) is 3.41. The van der Waals surface area contributed by atoms with Crippen molar-refractivity contribution in [3.8, 4) is 0 Å². The molecule has 7 heteroatoms. The molecular formula is C22H25ClN2O3S. The number of hydrogen-bond acceptors (Lipinski definition) is 3. The second-order valence-electron chi connectivity index (χ2n) is 7.81. The summed E-state index contributed by atoms with van der Waals surface area (Å²) in [6.07, 6.45) is 3.05. The minimum Gasteiger partial charge on any atom is -0.312 e. The van der Waals surface area contributed by atoms with Crippen molar-refractivity contribution < 1.29 is 13.2 Å². The Morgan fingerprint density at radius 3 is 2.41 bits per heavy atom. The van der Waals surface area contributed by atoms with E-state index in [-0.39, 0.29) is 16.7 Å². The monoisotopic (exact) mass is 432 g/mol. The highest BCUT2D eigenvalue weighted by Gasteiger charge is 2.35. The van der Waals surface area contributed by atoms with Crippen molar-refractivity contribution in [2.45, 2.75) is 37.5 Å². The second kappa shape index (κ2) is 8.09. The molecule has 0 saturated carbocycles. The number of aryl methyl sites for hydroxylation is 2. The number of carbonyl (C=O) groups is 1. The van der Waals surface area contributed by atoms with Crippen LogP contribution < -0.4 is 4.90 Å². The lowest BCUT2D eigenvalue weighted by Crippen LogP contribution is -2.46. The SMILES string of the molecule is Cc1cccc2c1N(C(=O)C1CCN(S(=O)(=O)c3ccc(Cl)cc3)CC1)CCC2. The third kappa shape index (κ3) is 3.93. The summed E-state index contributed by atoms with van der Waals surface area (Å²) >= 11 is 5.87. The normalized spacial score (nSPS) is 18.5. The van der Waals surface area contributed by atoms with Gasteiger partial charge in [-0.1, -0.05) is 29.8 Å². The fourth-order valence-electron chi connectivity index (χ4n) is 4.39. The van der Waals surface area contributed by atoms with E-state index in [9.17, 15) is 13.2 Å². The maximum Gasteiger partial charge on any atom is 0.243 e. The van der Waals surface area contributed by atoms with Crippen LogP contribution >= 0.6 is 11.6 Å². The number of anilines is 1. The van der Waals surface area contributed by atoms with Gasteiger partial charge in [-0.05, 0) is 68.0 Å². The van der Waals surface area contributed by atoms with Crippen LogP contribution in [0.2, 0.25) is 5.02 Å². The van der Waals surface area contributed by atoms with Crippen LogP contribution in [0.1, 0.15) is 30.4 Å². The molecule has 154 valence electrons. The fraction of sp³-hybridized carbons (Fsp3) is 0.409. The molecule has 2 aromatic carbocycles. The predicted octanol–water partition coefficient (Wildman–Crippen LogP) is 4.03. The van der Waals surface area contributed by atoms with Crippen LogP contribution in [0.4, 0.5) is 5.69 Å². The van der Waals surface area contributed by atoms with E-state index < -0.39 is 10.0 Å². The summed E-state index contributed by atoms with van der Waals surface area (Å²) in [5, 5.41) is 0.505. The maximum absolute atomic E-state index is 13.3. The van der Waals surface area contributed by atoms with E-state index >= 15 is 0 Å². The number of para-hydroxylation sites is 1. The summed E-state index contributed by atoms with van der Waals surface area (Å²) in [6.45, 7) is 3.50. The second-order valence-corrected chi connectivity index (χ2v) is 10.2. The molecule has 4 rings (SSSR count). The fourth-order valence-corrected chi connectivity index (χ4v) is 5.98. The lowest BCUT2D eigenvalue weighted by molar-refractivity contribution is -0.123. The summed E-state index contributed by atoms with van der Waals surface area (Å²) in [5.74, 6) is -0.0129. The molecule has 1 fully saturated rings. The van der Waals surface area contributed by atoms with Gasteiger partial charge in [0.2, 0.25) is 15.9 Å². The van der Waals surface area contributed by atoms with Gasteiger partial charge >= 0.3 is 0 Å². The lowest BCUT2D eigenvalue weighted by Gasteiger charge is -2.36. The van der Waals surface area contributed by atoms with Crippen LogP contribution in [0.25, 0.3) is 0 Å². The molecule has 0 bridgehead atoms. The minimum absolute atomic E-state index is 0.129. The molecule has 0 N–H and O–H groups in total. The van der Waals surface area contributed by atoms with E-state index in [0.29, 0.717) is 31.0 Å². The Morgan fingerprint density at radius 1 is 1.03 bits per heavy atom. The predicted molar refractivity (Wildman–Crippen MR) is 115 cm³/mol. The molecule has 0 aliphatic carbocycles. The number of rotatable bonds is 3. The van der Waals surface area contributed by atoms with Crippen LogP contribution in [0, 0.1) is 12.8 Å². The van der Waals surface area contributed by atoms with Crippen molar-refractivity contribution in [3.05, 3.63) is 58.6 Å². The Labute approximate surface area is 177 Å². The summed E-state index contributed by atoms with van der Waals surface area (Å²) in [4.78, 5) is 15.5. The zero-order chi connectivity index (χ0) is 20.6. The minimum atomic E-state index is -3.56. The zero-order valence-corrected chi connectivity index (χ0v) is 18.0. The number of sulfonamides is 1. The molecule has 2 aliphatic heterocycles. The van der Waals surface area contributed by atoms with Crippen molar-refractivity contribution in [3.63, 3.8) is 0 Å². The first-order valence-corrected chi connectivity index (χ1v) is 11.9. The quantitative estimate of drug-likeness (QED) is 0.735. The topological polar surface area (TPSA) is 57.7 Å². The van der Waals surface area contributed by atoms with Gasteiger partial charge in [-0.25, -0.2) is 8.42 Å². The van der Waals surface area contributed by atoms with E-state index in [1.54, 1.807) is 12.1 Å². The average Bonchev–Trinajstić information content (AvgIpc) is 2.73. The molecule has 0 aromatic heterocycles. The number of hydrogen-bond donors (Lipinski definition) is 0. The Balaban J connectivity index is 1.47. The molecule has 5 nitrogen and oxygen atoms in total. The first-order valence-electron chi connectivity index (χ1n) is 10.0. The van der Waals surface area contributed by atoms with Crippen LogP contribution in [0.15, 0.2) is 47.4 Å². The van der Waals surface area contributed by atoms with Crippen molar-refractivity contribution in [2.24, 2.45) is 5.92 Å². The molecule has 2 heterocycles. The summed E-state index contributed by atoms with van der Waals surface area (Å²) in [7, 11) is -3.56. The summed E-state index contributed by atoms with van der Waals surface area (Å²) in [6, 6.07) is 12.4. The molecular weight excluding hydrogens is 408 g/mol. The highest BCUT2D eigenvalue weighted by atomic mass is 35.5. The van der Waals surface area contributed by atoms with Crippen molar-refractivity contribution >= 4 is 33.2 Å². The number of fused-ring (bicyclic) bond motifs is 1. The third-order valence-corrected chi connectivity index (χ3v) is 8.10. The van der Waals surface area contributed by atoms with Crippen molar-refractivity contribution in [2.75, 3.05) is 24.5 Å². The molecule has 2 aromatic rings. The van der Waals surface area contributed by atoms with Gasteiger partial charge in [-0.15, -0.1) is 0 Å². The van der Waals surface area contributed by atoms with Crippen molar-refractivity contribution in [1.29, 1.82) is 0 Å². The number of halogens is 1. The van der Waals surface area contributed by atoms with Gasteiger partial charge in [-0.3, -0.25) is 4.79 Å². The Bertz CT molecular complexity index is 1010. The van der Waals surface area contributed by atoms with Crippen LogP contribution in [-0.4, -0.2) is 38.3 Å². The summed E-state index contributed by atoms with van der Waals surface area (Å²) < 4.78 is 27.2.